The van der Waals surface area contributed by atoms with Gasteiger partial charge < -0.3 is 4.74 Å². The molecule has 1 aromatic carbocycles. The third-order valence-corrected chi connectivity index (χ3v) is 8.14. The fourth-order valence-electron chi connectivity index (χ4n) is 5.42. The first-order valence-corrected chi connectivity index (χ1v) is 14.7. The highest BCUT2D eigenvalue weighted by Gasteiger charge is 2.30. The summed E-state index contributed by atoms with van der Waals surface area (Å²) >= 11 is 1.61. The molecule has 0 spiro atoms. The van der Waals surface area contributed by atoms with Gasteiger partial charge in [-0.15, -0.1) is 0 Å². The van der Waals surface area contributed by atoms with Gasteiger partial charge >= 0.3 is 0 Å². The van der Waals surface area contributed by atoms with Gasteiger partial charge in [0, 0.05) is 48.9 Å². The molecule has 0 unspecified atom stereocenters. The zero-order chi connectivity index (χ0) is 26.3. The summed E-state index contributed by atoms with van der Waals surface area (Å²) in [5, 5.41) is 8.54. The number of hydrogen-bond donors (Lipinski definition) is 1. The molecule has 5 rings (SSSR count). The van der Waals surface area contributed by atoms with Gasteiger partial charge in [-0.05, 0) is 86.6 Å². The van der Waals surface area contributed by atoms with Crippen molar-refractivity contribution in [1.29, 1.82) is 5.41 Å². The van der Waals surface area contributed by atoms with Crippen LogP contribution in [-0.4, -0.2) is 48.1 Å². The molecule has 0 saturated carbocycles. The summed E-state index contributed by atoms with van der Waals surface area (Å²) in [4.78, 5) is 11.0. The van der Waals surface area contributed by atoms with Crippen molar-refractivity contribution in [1.82, 2.24) is 4.90 Å². The number of dihydropyridines is 1. The lowest BCUT2D eigenvalue weighted by Gasteiger charge is -2.36. The number of fused-ring (bicyclic) bond motifs is 1. The first kappa shape index (κ1) is 26.6. The van der Waals surface area contributed by atoms with Crippen molar-refractivity contribution < 1.29 is 4.74 Å². The van der Waals surface area contributed by atoms with Crippen molar-refractivity contribution in [2.75, 3.05) is 31.1 Å². The van der Waals surface area contributed by atoms with Gasteiger partial charge in [0.15, 0.2) is 0 Å². The maximum absolute atomic E-state index is 7.87. The number of unbranched alkanes of at least 4 members (excludes halogenated alkanes) is 1. The van der Waals surface area contributed by atoms with E-state index < -0.39 is 0 Å². The highest BCUT2D eigenvalue weighted by molar-refractivity contribution is 8.17. The lowest BCUT2D eigenvalue weighted by atomic mass is 9.92. The van der Waals surface area contributed by atoms with Crippen molar-refractivity contribution in [2.24, 2.45) is 4.99 Å². The van der Waals surface area contributed by atoms with Crippen molar-refractivity contribution in [3.8, 4) is 17.6 Å². The van der Waals surface area contributed by atoms with Gasteiger partial charge in [0.2, 0.25) is 0 Å². The van der Waals surface area contributed by atoms with Gasteiger partial charge in [-0.2, -0.15) is 0 Å². The van der Waals surface area contributed by atoms with Gasteiger partial charge in [0.05, 0.1) is 5.04 Å². The van der Waals surface area contributed by atoms with Crippen LogP contribution >= 0.6 is 11.8 Å². The molecule has 1 fully saturated rings. The predicted octanol–water partition coefficient (Wildman–Crippen LogP) is 7.10. The quantitative estimate of drug-likeness (QED) is 0.223. The highest BCUT2D eigenvalue weighted by atomic mass is 32.2. The standard InChI is InChI=1S/C32H38N4OS/c1-3-4-11-30(38-24(2)33)23-35-20-17-29(18-21-35)37-28-15-13-27(14-16-28)36-31-12-7-5-6-9-25(31)22-26-10-8-19-34-32(26)36/h7,10-16,29,33H,3-4,8-9,17-23H2,1-2H3. The Kier molecular flexibility index (Phi) is 8.88. The molecular formula is C32H38N4OS. The van der Waals surface area contributed by atoms with Crippen LogP contribution in [0.15, 0.2) is 75.3 Å². The number of likely N-dealkylation sites (tertiary alicyclic amines) is 1. The summed E-state index contributed by atoms with van der Waals surface area (Å²) < 4.78 is 6.43. The van der Waals surface area contributed by atoms with Gasteiger partial charge in [-0.3, -0.25) is 20.2 Å². The van der Waals surface area contributed by atoms with Crippen LogP contribution in [0, 0.1) is 17.3 Å². The number of rotatable bonds is 8. The minimum atomic E-state index is 0.237. The second kappa shape index (κ2) is 12.7. The summed E-state index contributed by atoms with van der Waals surface area (Å²) in [5.74, 6) is 8.42. The predicted molar refractivity (Wildman–Crippen MR) is 161 cm³/mol. The highest BCUT2D eigenvalue weighted by Crippen LogP contribution is 2.37. The molecule has 1 aliphatic carbocycles. The number of benzene rings is 1. The van der Waals surface area contributed by atoms with Gasteiger partial charge in [0.25, 0.3) is 0 Å². The summed E-state index contributed by atoms with van der Waals surface area (Å²) in [6, 6.07) is 8.54. The van der Waals surface area contributed by atoms with E-state index in [1.165, 1.54) is 21.7 Å². The Morgan fingerprint density at radius 3 is 2.82 bits per heavy atom. The van der Waals surface area contributed by atoms with E-state index in [0.717, 1.165) is 88.4 Å². The summed E-state index contributed by atoms with van der Waals surface area (Å²) in [6.07, 6.45) is 16.0. The fraction of sp³-hybridized carbons (Fsp3) is 0.438. The number of hydrogen-bond acceptors (Lipinski definition) is 6. The number of piperidine rings is 1. The lowest BCUT2D eigenvalue weighted by molar-refractivity contribution is 0.106. The lowest BCUT2D eigenvalue weighted by Crippen LogP contribution is -2.39. The molecule has 6 heteroatoms. The van der Waals surface area contributed by atoms with E-state index in [1.807, 2.05) is 13.0 Å². The molecule has 38 heavy (non-hydrogen) atoms. The Bertz CT molecular complexity index is 1250. The topological polar surface area (TPSA) is 51.9 Å². The largest absolute Gasteiger partial charge is 0.490 e. The normalized spacial score (nSPS) is 20.1. The Hall–Kier alpha value is -3.01. The third-order valence-electron chi connectivity index (χ3n) is 7.27. The zero-order valence-corrected chi connectivity index (χ0v) is 23.4. The molecule has 0 radical (unpaired) electrons. The molecule has 3 aliphatic heterocycles. The second-order valence-electron chi connectivity index (χ2n) is 10.3. The number of amidine groups is 1. The van der Waals surface area contributed by atoms with Crippen molar-refractivity contribution in [3.05, 3.63) is 70.3 Å². The number of nitrogens with zero attached hydrogens (tertiary/aromatic N) is 3. The minimum absolute atomic E-state index is 0.237. The number of nitrogens with one attached hydrogen (secondary N) is 1. The average Bonchev–Trinajstić information content (AvgIpc) is 3.17. The van der Waals surface area contributed by atoms with E-state index in [0.29, 0.717) is 5.04 Å². The number of aliphatic imine (C=N–C) groups is 1. The fourth-order valence-corrected chi connectivity index (χ4v) is 6.26. The Morgan fingerprint density at radius 1 is 1.24 bits per heavy atom. The van der Waals surface area contributed by atoms with Crippen molar-refractivity contribution >= 4 is 28.3 Å². The molecule has 0 atom stereocenters. The van der Waals surface area contributed by atoms with Crippen molar-refractivity contribution in [3.63, 3.8) is 0 Å². The number of allylic oxidation sites excluding steroid dienone is 4. The average molecular weight is 527 g/mol. The van der Waals surface area contributed by atoms with Crippen LogP contribution in [-0.2, 0) is 0 Å². The van der Waals surface area contributed by atoms with Gasteiger partial charge in [0.1, 0.15) is 17.7 Å². The van der Waals surface area contributed by atoms with E-state index in [2.05, 4.69) is 71.1 Å². The maximum Gasteiger partial charge on any atom is 0.135 e. The smallest absolute Gasteiger partial charge is 0.135 e. The number of ether oxygens (including phenoxy) is 1. The second-order valence-corrected chi connectivity index (χ2v) is 11.6. The van der Waals surface area contributed by atoms with E-state index in [1.54, 1.807) is 11.8 Å². The zero-order valence-electron chi connectivity index (χ0n) is 22.6. The van der Waals surface area contributed by atoms with Crippen LogP contribution in [0.5, 0.6) is 5.75 Å². The van der Waals surface area contributed by atoms with Crippen LogP contribution < -0.4 is 9.64 Å². The molecule has 1 aromatic rings. The van der Waals surface area contributed by atoms with Crippen LogP contribution in [0.1, 0.15) is 58.8 Å². The monoisotopic (exact) mass is 526 g/mol. The molecular weight excluding hydrogens is 488 g/mol. The first-order valence-electron chi connectivity index (χ1n) is 13.9. The Labute approximate surface area is 231 Å². The summed E-state index contributed by atoms with van der Waals surface area (Å²) in [6.45, 7) is 7.91. The van der Waals surface area contributed by atoms with Crippen LogP contribution in [0.4, 0.5) is 5.69 Å². The first-order chi connectivity index (χ1) is 18.6. The molecule has 1 saturated heterocycles. The van der Waals surface area contributed by atoms with Crippen LogP contribution in [0.3, 0.4) is 0 Å². The molecule has 0 amide bonds. The Balaban J connectivity index is 1.22. The molecule has 0 aromatic heterocycles. The molecule has 0 bridgehead atoms. The molecule has 198 valence electrons. The number of anilines is 1. The van der Waals surface area contributed by atoms with E-state index in [-0.39, 0.29) is 6.10 Å². The molecule has 5 nitrogen and oxygen atoms in total. The van der Waals surface area contributed by atoms with E-state index in [4.69, 9.17) is 15.1 Å². The van der Waals surface area contributed by atoms with Gasteiger partial charge in [-0.1, -0.05) is 49.1 Å². The molecule has 4 aliphatic rings. The number of thioether (sulfide) groups is 1. The summed E-state index contributed by atoms with van der Waals surface area (Å²) in [7, 11) is 0. The van der Waals surface area contributed by atoms with Crippen LogP contribution in [0.2, 0.25) is 0 Å². The Morgan fingerprint density at radius 2 is 2.05 bits per heavy atom. The summed E-state index contributed by atoms with van der Waals surface area (Å²) in [5.41, 5.74) is 5.00. The van der Waals surface area contributed by atoms with Gasteiger partial charge in [-0.25, -0.2) is 0 Å². The SMILES string of the molecule is CCCC=C(CN1CCC(Oc2ccc(N3C4=NCCC=C4CC4=C3C=CC#CC4)cc2)CC1)SC(C)=N. The van der Waals surface area contributed by atoms with Crippen LogP contribution in [0.25, 0.3) is 0 Å². The minimum Gasteiger partial charge on any atom is -0.490 e. The molecule has 1 N–H and O–H groups in total. The van der Waals surface area contributed by atoms with E-state index in [9.17, 15) is 0 Å². The van der Waals surface area contributed by atoms with E-state index >= 15 is 0 Å². The maximum atomic E-state index is 7.87. The molecule has 3 heterocycles. The third kappa shape index (κ3) is 6.51. The van der Waals surface area contributed by atoms with Crippen molar-refractivity contribution in [2.45, 2.75) is 64.9 Å².